The van der Waals surface area contributed by atoms with Crippen LogP contribution in [0.25, 0.3) is 0 Å². The van der Waals surface area contributed by atoms with E-state index < -0.39 is 7.26 Å². The first kappa shape index (κ1) is 16.7. The van der Waals surface area contributed by atoms with E-state index in [1.165, 1.54) is 15.9 Å². The Labute approximate surface area is 154 Å². The zero-order valence-corrected chi connectivity index (χ0v) is 15.4. The summed E-state index contributed by atoms with van der Waals surface area (Å²) in [7, 11) is -1.78. The molecule has 0 atom stereocenters. The Bertz CT molecular complexity index is 826. The highest BCUT2D eigenvalue weighted by molar-refractivity contribution is 7.95. The quantitative estimate of drug-likeness (QED) is 0.495. The van der Waals surface area contributed by atoms with Crippen molar-refractivity contribution in [3.05, 3.63) is 104 Å². The van der Waals surface area contributed by atoms with Gasteiger partial charge in [-0.3, -0.25) is 0 Å². The van der Waals surface area contributed by atoms with Gasteiger partial charge in [0.2, 0.25) is 0 Å². The van der Waals surface area contributed by atoms with E-state index in [-0.39, 0.29) is 0 Å². The Kier molecular flexibility index (Phi) is 4.90. The highest BCUT2D eigenvalue weighted by Gasteiger charge is 2.44. The van der Waals surface area contributed by atoms with E-state index in [4.69, 9.17) is 0 Å². The van der Waals surface area contributed by atoms with Crippen LogP contribution in [0.4, 0.5) is 0 Å². The molecule has 4 rings (SSSR count). The largest absolute Gasteiger partial charge is 0.249 e. The van der Waals surface area contributed by atoms with Gasteiger partial charge in [-0.1, -0.05) is 54.6 Å². The normalized spacial score (nSPS) is 11.4. The second-order valence-electron chi connectivity index (χ2n) is 6.20. The molecule has 0 bridgehead atoms. The van der Waals surface area contributed by atoms with E-state index in [0.717, 1.165) is 12.7 Å². The van der Waals surface area contributed by atoms with Crippen molar-refractivity contribution in [2.45, 2.75) is 6.54 Å². The summed E-state index contributed by atoms with van der Waals surface area (Å²) in [5.41, 5.74) is 0. The number of hydrogen-bond donors (Lipinski definition) is 0. The van der Waals surface area contributed by atoms with Crippen LogP contribution in [0.5, 0.6) is 0 Å². The van der Waals surface area contributed by atoms with Crippen molar-refractivity contribution >= 4 is 23.2 Å². The number of aromatic nitrogens is 3. The molecule has 0 spiro atoms. The Balaban J connectivity index is 1.90. The average molecular weight is 358 g/mol. The fourth-order valence-corrected chi connectivity index (χ4v) is 7.70. The van der Waals surface area contributed by atoms with Crippen LogP contribution in [-0.2, 0) is 6.54 Å². The van der Waals surface area contributed by atoms with Gasteiger partial charge in [0.25, 0.3) is 0 Å². The lowest BCUT2D eigenvalue weighted by Crippen LogP contribution is -2.34. The monoisotopic (exact) mass is 358 g/mol. The first-order chi connectivity index (χ1) is 12.9. The van der Waals surface area contributed by atoms with Crippen molar-refractivity contribution in [2.24, 2.45) is 0 Å². The smallest absolute Gasteiger partial charge is 0.137 e. The highest BCUT2D eigenvalue weighted by Crippen LogP contribution is 2.55. The topological polar surface area (TPSA) is 30.7 Å². The molecule has 1 aromatic heterocycles. The zero-order chi connectivity index (χ0) is 17.7. The minimum atomic E-state index is -1.78. The van der Waals surface area contributed by atoms with Gasteiger partial charge >= 0.3 is 0 Å². The summed E-state index contributed by atoms with van der Waals surface area (Å²) in [4.78, 5) is 4.11. The van der Waals surface area contributed by atoms with E-state index >= 15 is 0 Å². The fraction of sp³-hybridized carbons (Fsp3) is 0.0909. The predicted octanol–water partition coefficient (Wildman–Crippen LogP) is 3.27. The van der Waals surface area contributed by atoms with Gasteiger partial charge in [0.1, 0.15) is 35.8 Å². The average Bonchev–Trinajstić information content (AvgIpc) is 3.25. The molecule has 0 amide bonds. The lowest BCUT2D eigenvalue weighted by molar-refractivity contribution is 0.662. The molecule has 0 N–H and O–H groups in total. The second-order valence-corrected chi connectivity index (χ2v) is 9.81. The number of rotatable bonds is 6. The maximum absolute atomic E-state index is 4.32. The van der Waals surface area contributed by atoms with Gasteiger partial charge in [-0.25, -0.2) is 9.67 Å². The maximum Gasteiger partial charge on any atom is 0.137 e. The van der Waals surface area contributed by atoms with Crippen LogP contribution in [0.15, 0.2) is 104 Å². The highest BCUT2D eigenvalue weighted by atomic mass is 31.2. The van der Waals surface area contributed by atoms with Gasteiger partial charge in [0.15, 0.2) is 0 Å². The van der Waals surface area contributed by atoms with Crippen molar-refractivity contribution in [1.29, 1.82) is 0 Å². The van der Waals surface area contributed by atoms with Gasteiger partial charge in [0.05, 0.1) is 12.7 Å². The van der Waals surface area contributed by atoms with Gasteiger partial charge in [-0.15, -0.1) is 0 Å². The van der Waals surface area contributed by atoms with Crippen LogP contribution in [-0.4, -0.2) is 20.9 Å². The Hall–Kier alpha value is -2.77. The van der Waals surface area contributed by atoms with Crippen LogP contribution in [0.1, 0.15) is 0 Å². The molecular formula is C22H21N3P+. The zero-order valence-electron chi connectivity index (χ0n) is 14.5. The summed E-state index contributed by atoms with van der Waals surface area (Å²) in [5, 5.41) is 8.53. The summed E-state index contributed by atoms with van der Waals surface area (Å²) in [5.74, 6) is 0. The van der Waals surface area contributed by atoms with Gasteiger partial charge < -0.3 is 0 Å². The Morgan fingerprint density at radius 1 is 0.654 bits per heavy atom. The van der Waals surface area contributed by atoms with E-state index in [2.05, 4.69) is 101 Å². The van der Waals surface area contributed by atoms with Crippen molar-refractivity contribution in [1.82, 2.24) is 14.8 Å². The minimum Gasteiger partial charge on any atom is -0.249 e. The summed E-state index contributed by atoms with van der Waals surface area (Å²) in [6, 6.07) is 32.8. The Morgan fingerprint density at radius 2 is 1.12 bits per heavy atom. The van der Waals surface area contributed by atoms with Gasteiger partial charge in [0, 0.05) is 0 Å². The van der Waals surface area contributed by atoms with Crippen molar-refractivity contribution < 1.29 is 0 Å². The Morgan fingerprint density at radius 3 is 1.50 bits per heavy atom. The summed E-state index contributed by atoms with van der Waals surface area (Å²) in [6.07, 6.45) is 4.41. The standard InChI is InChI=1S/C22H21N3P/c1-4-10-20(11-5-1)26(21-12-6-2-7-13-21,22-14-8-3-9-15-22)17-16-25-19-23-18-24-25/h1-15,18-19H,16-17H2/q+1. The molecule has 4 heteroatoms. The maximum atomic E-state index is 4.32. The lowest BCUT2D eigenvalue weighted by Gasteiger charge is -2.27. The van der Waals surface area contributed by atoms with E-state index in [1.807, 2.05) is 4.68 Å². The molecule has 0 saturated heterocycles. The second kappa shape index (κ2) is 7.63. The number of aryl methyl sites for hydroxylation is 1. The number of benzene rings is 3. The lowest BCUT2D eigenvalue weighted by atomic mass is 10.4. The van der Waals surface area contributed by atoms with Crippen molar-refractivity contribution in [3.63, 3.8) is 0 Å². The summed E-state index contributed by atoms with van der Waals surface area (Å²) < 4.78 is 1.93. The van der Waals surface area contributed by atoms with E-state index in [0.29, 0.717) is 0 Å². The van der Waals surface area contributed by atoms with Crippen LogP contribution < -0.4 is 15.9 Å². The molecule has 0 fully saturated rings. The third-order valence-corrected chi connectivity index (χ3v) is 9.13. The molecule has 1 heterocycles. The molecule has 3 aromatic carbocycles. The molecular weight excluding hydrogens is 337 g/mol. The van der Waals surface area contributed by atoms with Crippen LogP contribution in [0.3, 0.4) is 0 Å². The molecule has 4 aromatic rings. The van der Waals surface area contributed by atoms with E-state index in [9.17, 15) is 0 Å². The van der Waals surface area contributed by atoms with Crippen molar-refractivity contribution in [3.8, 4) is 0 Å². The molecule has 0 aliphatic rings. The van der Waals surface area contributed by atoms with Crippen LogP contribution in [0, 0.1) is 0 Å². The molecule has 128 valence electrons. The summed E-state index contributed by atoms with van der Waals surface area (Å²) >= 11 is 0. The molecule has 0 aliphatic carbocycles. The SMILES string of the molecule is c1ccc([P+](CCn2cncn2)(c2ccccc2)c2ccccc2)cc1. The minimum absolute atomic E-state index is 0.840. The molecule has 26 heavy (non-hydrogen) atoms. The van der Waals surface area contributed by atoms with Crippen LogP contribution in [0.2, 0.25) is 0 Å². The van der Waals surface area contributed by atoms with Gasteiger partial charge in [-0.05, 0) is 36.4 Å². The summed E-state index contributed by atoms with van der Waals surface area (Å²) in [6.45, 7) is 0.840. The fourth-order valence-electron chi connectivity index (χ4n) is 3.48. The number of hydrogen-bond acceptors (Lipinski definition) is 2. The number of nitrogens with zero attached hydrogens (tertiary/aromatic N) is 3. The van der Waals surface area contributed by atoms with Crippen molar-refractivity contribution in [2.75, 3.05) is 6.16 Å². The molecule has 0 aliphatic heterocycles. The molecule has 0 saturated carbocycles. The van der Waals surface area contributed by atoms with Gasteiger partial charge in [-0.2, -0.15) is 5.10 Å². The molecule has 0 unspecified atom stereocenters. The first-order valence-electron chi connectivity index (χ1n) is 8.77. The third-order valence-electron chi connectivity index (χ3n) is 4.72. The molecule has 3 nitrogen and oxygen atoms in total. The van der Waals surface area contributed by atoms with E-state index in [1.54, 1.807) is 12.7 Å². The third kappa shape index (κ3) is 3.18. The molecule has 0 radical (unpaired) electrons. The first-order valence-corrected chi connectivity index (χ1v) is 10.7. The van der Waals surface area contributed by atoms with Crippen LogP contribution >= 0.6 is 7.26 Å². The predicted molar refractivity (Wildman–Crippen MR) is 110 cm³/mol.